The number of carbonyl (C=O) groups is 1. The van der Waals surface area contributed by atoms with Crippen LogP contribution in [0, 0.1) is 0 Å². The molecule has 0 saturated carbocycles. The Labute approximate surface area is 169 Å². The number of benzene rings is 1. The molecule has 7 heteroatoms. The Morgan fingerprint density at radius 1 is 1.03 bits per heavy atom. The molecule has 0 fully saturated rings. The van der Waals surface area contributed by atoms with E-state index in [1.807, 2.05) is 30.3 Å². The molecule has 0 spiro atoms. The van der Waals surface area contributed by atoms with Gasteiger partial charge in [0.15, 0.2) is 0 Å². The van der Waals surface area contributed by atoms with Gasteiger partial charge in [0.05, 0.1) is 48.7 Å². The van der Waals surface area contributed by atoms with Crippen molar-refractivity contribution in [3.05, 3.63) is 66.1 Å². The minimum absolute atomic E-state index is 0.238. The van der Waals surface area contributed by atoms with Gasteiger partial charge in [-0.3, -0.25) is 9.78 Å². The fourth-order valence-corrected chi connectivity index (χ4v) is 3.44. The van der Waals surface area contributed by atoms with Crippen LogP contribution >= 0.6 is 0 Å². The average Bonchev–Trinajstić information content (AvgIpc) is 2.78. The van der Waals surface area contributed by atoms with Crippen LogP contribution < -0.4 is 19.7 Å². The number of pyridine rings is 2. The maximum absolute atomic E-state index is 12.8. The van der Waals surface area contributed by atoms with Gasteiger partial charge in [0, 0.05) is 18.8 Å². The lowest BCUT2D eigenvalue weighted by molar-refractivity contribution is 0.102. The number of fused-ring (bicyclic) bond motifs is 1. The first-order chi connectivity index (χ1) is 14.2. The third-order valence-corrected chi connectivity index (χ3v) is 4.87. The van der Waals surface area contributed by atoms with Crippen LogP contribution in [0.15, 0.2) is 54.9 Å². The van der Waals surface area contributed by atoms with Crippen LogP contribution in [0.3, 0.4) is 0 Å². The summed E-state index contributed by atoms with van der Waals surface area (Å²) in [7, 11) is 3.21. The van der Waals surface area contributed by atoms with Gasteiger partial charge in [-0.1, -0.05) is 12.1 Å². The van der Waals surface area contributed by atoms with E-state index in [0.717, 1.165) is 42.2 Å². The molecule has 3 aromatic rings. The monoisotopic (exact) mass is 390 g/mol. The van der Waals surface area contributed by atoms with E-state index in [1.54, 1.807) is 38.7 Å². The number of anilines is 3. The van der Waals surface area contributed by atoms with Crippen molar-refractivity contribution in [1.29, 1.82) is 0 Å². The predicted molar refractivity (Wildman–Crippen MR) is 111 cm³/mol. The Kier molecular flexibility index (Phi) is 5.29. The van der Waals surface area contributed by atoms with Crippen LogP contribution in [0.25, 0.3) is 0 Å². The van der Waals surface area contributed by atoms with Crippen LogP contribution in [0.1, 0.15) is 22.5 Å². The minimum Gasteiger partial charge on any atom is -0.495 e. The van der Waals surface area contributed by atoms with E-state index in [1.165, 1.54) is 0 Å². The molecule has 0 unspecified atom stereocenters. The van der Waals surface area contributed by atoms with Gasteiger partial charge < -0.3 is 19.7 Å². The van der Waals surface area contributed by atoms with Crippen molar-refractivity contribution < 1.29 is 14.3 Å². The highest BCUT2D eigenvalue weighted by Gasteiger charge is 2.23. The quantitative estimate of drug-likeness (QED) is 0.714. The number of para-hydroxylation sites is 2. The molecular formula is C22H22N4O3. The summed E-state index contributed by atoms with van der Waals surface area (Å²) in [4.78, 5) is 23.6. The van der Waals surface area contributed by atoms with Crippen LogP contribution in [0.4, 0.5) is 17.1 Å². The van der Waals surface area contributed by atoms with E-state index in [4.69, 9.17) is 9.47 Å². The van der Waals surface area contributed by atoms with E-state index in [-0.39, 0.29) is 5.91 Å². The highest BCUT2D eigenvalue weighted by molar-refractivity contribution is 6.04. The van der Waals surface area contributed by atoms with Crippen molar-refractivity contribution in [3.63, 3.8) is 0 Å². The number of hydrogen-bond acceptors (Lipinski definition) is 6. The molecule has 0 saturated heterocycles. The summed E-state index contributed by atoms with van der Waals surface area (Å²) in [6.45, 7) is 0.836. The number of rotatable bonds is 5. The van der Waals surface area contributed by atoms with Gasteiger partial charge in [0.2, 0.25) is 5.88 Å². The van der Waals surface area contributed by atoms with Gasteiger partial charge in [-0.15, -0.1) is 0 Å². The van der Waals surface area contributed by atoms with Crippen molar-refractivity contribution in [2.45, 2.75) is 12.8 Å². The second-order valence-corrected chi connectivity index (χ2v) is 6.66. The second kappa shape index (κ2) is 8.18. The van der Waals surface area contributed by atoms with Gasteiger partial charge in [-0.2, -0.15) is 0 Å². The molecule has 1 aliphatic rings. The van der Waals surface area contributed by atoms with Gasteiger partial charge in [-0.05, 0) is 37.1 Å². The predicted octanol–water partition coefficient (Wildman–Crippen LogP) is 3.83. The smallest absolute Gasteiger partial charge is 0.257 e. The molecular weight excluding hydrogens is 368 g/mol. The molecule has 0 atom stereocenters. The summed E-state index contributed by atoms with van der Waals surface area (Å²) in [5, 5.41) is 2.85. The standard InChI is InChI=1S/C22H22N4O3/c1-28-20-8-4-3-7-18(20)26-11-5-6-17-19(26)12-15(13-23-17)22(27)25-16-9-10-21(29-2)24-14-16/h3-4,7-10,12-14H,5-6,11H2,1-2H3,(H,25,27). The van der Waals surface area contributed by atoms with Gasteiger partial charge in [-0.25, -0.2) is 4.98 Å². The molecule has 0 bridgehead atoms. The third-order valence-electron chi connectivity index (χ3n) is 4.87. The Morgan fingerprint density at radius 2 is 1.90 bits per heavy atom. The van der Waals surface area contributed by atoms with Crippen molar-refractivity contribution in [1.82, 2.24) is 9.97 Å². The van der Waals surface area contributed by atoms with Crippen LogP contribution in [-0.2, 0) is 6.42 Å². The van der Waals surface area contributed by atoms with Crippen molar-refractivity contribution in [3.8, 4) is 11.6 Å². The Bertz CT molecular complexity index is 1020. The molecule has 0 aliphatic carbocycles. The summed E-state index contributed by atoms with van der Waals surface area (Å²) in [5.74, 6) is 1.04. The third kappa shape index (κ3) is 3.85. The van der Waals surface area contributed by atoms with E-state index in [9.17, 15) is 4.79 Å². The normalized spacial score (nSPS) is 12.8. The summed E-state index contributed by atoms with van der Waals surface area (Å²) < 4.78 is 10.6. The number of carbonyl (C=O) groups excluding carboxylic acids is 1. The van der Waals surface area contributed by atoms with Crippen LogP contribution in [-0.4, -0.2) is 36.6 Å². The topological polar surface area (TPSA) is 76.6 Å². The lowest BCUT2D eigenvalue weighted by Gasteiger charge is -2.31. The van der Waals surface area contributed by atoms with E-state index < -0.39 is 0 Å². The zero-order valence-corrected chi connectivity index (χ0v) is 16.4. The summed E-state index contributed by atoms with van der Waals surface area (Å²) in [5.41, 5.74) is 3.96. The molecule has 1 aromatic carbocycles. The largest absolute Gasteiger partial charge is 0.495 e. The van der Waals surface area contributed by atoms with Gasteiger partial charge in [0.1, 0.15) is 5.75 Å². The molecule has 4 rings (SSSR count). The number of ether oxygens (including phenoxy) is 2. The maximum Gasteiger partial charge on any atom is 0.257 e. The summed E-state index contributed by atoms with van der Waals surface area (Å²) in [6, 6.07) is 13.2. The van der Waals surface area contributed by atoms with Crippen molar-refractivity contribution >= 4 is 23.0 Å². The van der Waals surface area contributed by atoms with Crippen molar-refractivity contribution in [2.24, 2.45) is 0 Å². The minimum atomic E-state index is -0.238. The summed E-state index contributed by atoms with van der Waals surface area (Å²) in [6.07, 6.45) is 5.05. The molecule has 0 radical (unpaired) electrons. The molecule has 148 valence electrons. The molecule has 2 aromatic heterocycles. The molecule has 1 N–H and O–H groups in total. The Morgan fingerprint density at radius 3 is 2.66 bits per heavy atom. The number of nitrogens with one attached hydrogen (secondary N) is 1. The lowest BCUT2D eigenvalue weighted by atomic mass is 10.0. The zero-order chi connectivity index (χ0) is 20.2. The number of aryl methyl sites for hydroxylation is 1. The number of methoxy groups -OCH3 is 2. The molecule has 7 nitrogen and oxygen atoms in total. The lowest BCUT2D eigenvalue weighted by Crippen LogP contribution is -2.26. The molecule has 3 heterocycles. The number of nitrogens with zero attached hydrogens (tertiary/aromatic N) is 3. The SMILES string of the molecule is COc1ccc(NC(=O)c2cnc3c(c2)N(c2ccccc2OC)CCC3)cn1. The fraction of sp³-hybridized carbons (Fsp3) is 0.227. The van der Waals surface area contributed by atoms with Gasteiger partial charge in [0.25, 0.3) is 5.91 Å². The highest BCUT2D eigenvalue weighted by Crippen LogP contribution is 2.38. The highest BCUT2D eigenvalue weighted by atomic mass is 16.5. The Balaban J connectivity index is 1.63. The zero-order valence-electron chi connectivity index (χ0n) is 16.4. The second-order valence-electron chi connectivity index (χ2n) is 6.66. The molecule has 1 amide bonds. The van der Waals surface area contributed by atoms with E-state index in [0.29, 0.717) is 17.1 Å². The fourth-order valence-electron chi connectivity index (χ4n) is 3.44. The van der Waals surface area contributed by atoms with Crippen molar-refractivity contribution in [2.75, 3.05) is 31.0 Å². The van der Waals surface area contributed by atoms with E-state index >= 15 is 0 Å². The van der Waals surface area contributed by atoms with Gasteiger partial charge >= 0.3 is 0 Å². The number of aromatic nitrogens is 2. The number of hydrogen-bond donors (Lipinski definition) is 1. The first kappa shape index (κ1) is 18.7. The van der Waals surface area contributed by atoms with Crippen LogP contribution in [0.5, 0.6) is 11.6 Å². The number of amides is 1. The maximum atomic E-state index is 12.8. The Hall–Kier alpha value is -3.61. The molecule has 1 aliphatic heterocycles. The first-order valence-corrected chi connectivity index (χ1v) is 9.40. The first-order valence-electron chi connectivity index (χ1n) is 9.40. The molecule has 29 heavy (non-hydrogen) atoms. The average molecular weight is 390 g/mol. The van der Waals surface area contributed by atoms with Crippen LogP contribution in [0.2, 0.25) is 0 Å². The summed E-state index contributed by atoms with van der Waals surface area (Å²) >= 11 is 0. The van der Waals surface area contributed by atoms with E-state index in [2.05, 4.69) is 20.2 Å².